The molecule has 0 aliphatic carbocycles. The first-order chi connectivity index (χ1) is 23.2. The molecule has 2 fully saturated rings. The molecule has 1 aromatic rings. The summed E-state index contributed by atoms with van der Waals surface area (Å²) in [6.45, 7) is 14.3. The molecule has 286 valence electrons. The van der Waals surface area contributed by atoms with Crippen LogP contribution in [0.2, 0.25) is 0 Å². The zero-order valence-corrected chi connectivity index (χ0v) is 32.3. The lowest BCUT2D eigenvalue weighted by atomic mass is 9.78. The van der Waals surface area contributed by atoms with Crippen LogP contribution in [0, 0.1) is 17.8 Å². The molecule has 12 nitrogen and oxygen atoms in total. The topological polar surface area (TPSA) is 164 Å². The number of aliphatic hydroxyl groups is 5. The number of thiocarbonyl (C=S) groups is 1. The molecule has 50 heavy (non-hydrogen) atoms. The van der Waals surface area contributed by atoms with Crippen LogP contribution < -0.4 is 5.32 Å². The van der Waals surface area contributed by atoms with Crippen molar-refractivity contribution in [1.82, 2.24) is 15.1 Å². The van der Waals surface area contributed by atoms with E-state index in [0.29, 0.717) is 18.1 Å². The number of aliphatic hydroxyl groups excluding tert-OH is 3. The van der Waals surface area contributed by atoms with E-state index in [-0.39, 0.29) is 37.5 Å². The van der Waals surface area contributed by atoms with Crippen LogP contribution in [-0.2, 0) is 25.5 Å². The Morgan fingerprint density at radius 2 is 1.68 bits per heavy atom. The quantitative estimate of drug-likeness (QED) is 0.187. The maximum absolute atomic E-state index is 13.6. The summed E-state index contributed by atoms with van der Waals surface area (Å²) < 4.78 is 18.4. The summed E-state index contributed by atoms with van der Waals surface area (Å²) in [4.78, 5) is 17.3. The molecular formula is C37H63N3O9S. The lowest BCUT2D eigenvalue weighted by molar-refractivity contribution is -0.299. The predicted octanol–water partition coefficient (Wildman–Crippen LogP) is 2.42. The van der Waals surface area contributed by atoms with E-state index in [1.165, 1.54) is 13.8 Å². The van der Waals surface area contributed by atoms with Gasteiger partial charge < -0.3 is 54.9 Å². The van der Waals surface area contributed by atoms with Gasteiger partial charge in [-0.15, -0.1) is 0 Å². The molecule has 2 heterocycles. The van der Waals surface area contributed by atoms with Crippen LogP contribution in [0.4, 0.5) is 0 Å². The van der Waals surface area contributed by atoms with Gasteiger partial charge in [0.2, 0.25) is 0 Å². The molecule has 1 aromatic carbocycles. The first-order valence-electron chi connectivity index (χ1n) is 18.0. The normalized spacial score (nSPS) is 41.2. The summed E-state index contributed by atoms with van der Waals surface area (Å²) in [5.41, 5.74) is -2.49. The minimum Gasteiger partial charge on any atom is -0.459 e. The Morgan fingerprint density at radius 3 is 2.26 bits per heavy atom. The van der Waals surface area contributed by atoms with Gasteiger partial charge in [-0.25, -0.2) is 0 Å². The van der Waals surface area contributed by atoms with Crippen molar-refractivity contribution in [3.05, 3.63) is 35.9 Å². The Kier molecular flexibility index (Phi) is 15.1. The van der Waals surface area contributed by atoms with E-state index in [1.54, 1.807) is 32.6 Å². The van der Waals surface area contributed by atoms with Gasteiger partial charge in [0.1, 0.15) is 23.9 Å². The van der Waals surface area contributed by atoms with E-state index in [2.05, 4.69) is 5.32 Å². The van der Waals surface area contributed by atoms with Crippen LogP contribution in [0.15, 0.2) is 30.3 Å². The van der Waals surface area contributed by atoms with E-state index in [9.17, 15) is 30.3 Å². The molecule has 0 radical (unpaired) electrons. The van der Waals surface area contributed by atoms with E-state index in [0.717, 1.165) is 5.56 Å². The highest BCUT2D eigenvalue weighted by Gasteiger charge is 2.50. The molecular weight excluding hydrogens is 662 g/mol. The number of nitrogens with zero attached hydrogens (tertiary/aromatic N) is 2. The molecule has 2 unspecified atom stereocenters. The Hall–Kier alpha value is -1.94. The molecule has 14 atom stereocenters. The van der Waals surface area contributed by atoms with Crippen LogP contribution in [0.25, 0.3) is 0 Å². The average Bonchev–Trinajstić information content (AvgIpc) is 3.06. The van der Waals surface area contributed by atoms with Crippen LogP contribution in [0.3, 0.4) is 0 Å². The van der Waals surface area contributed by atoms with Gasteiger partial charge >= 0.3 is 5.97 Å². The number of hydrogen-bond acceptors (Lipinski definition) is 11. The number of carbonyl (C=O) groups excluding carboxylic acids is 1. The summed E-state index contributed by atoms with van der Waals surface area (Å²) in [5, 5.41) is 62.3. The van der Waals surface area contributed by atoms with Crippen LogP contribution in [0.5, 0.6) is 0 Å². The summed E-state index contributed by atoms with van der Waals surface area (Å²) in [6.07, 6.45) is -6.46. The first kappa shape index (κ1) is 42.5. The van der Waals surface area contributed by atoms with Crippen molar-refractivity contribution in [3.63, 3.8) is 0 Å². The highest BCUT2D eigenvalue weighted by molar-refractivity contribution is 7.80. The highest BCUT2D eigenvalue weighted by Crippen LogP contribution is 2.36. The average molecular weight is 726 g/mol. The predicted molar refractivity (Wildman–Crippen MR) is 195 cm³/mol. The van der Waals surface area contributed by atoms with Gasteiger partial charge in [-0.05, 0) is 91.7 Å². The molecule has 0 amide bonds. The number of cyclic esters (lactones) is 1. The van der Waals surface area contributed by atoms with Crippen LogP contribution >= 0.6 is 12.2 Å². The second-order valence-corrected chi connectivity index (χ2v) is 15.9. The maximum atomic E-state index is 13.6. The number of nitrogens with one attached hydrogen (secondary N) is 1. The number of rotatable bonds is 6. The number of hydrogen-bond donors (Lipinski definition) is 6. The second-order valence-electron chi connectivity index (χ2n) is 15.5. The van der Waals surface area contributed by atoms with Gasteiger partial charge in [0.25, 0.3) is 0 Å². The molecule has 0 saturated carbocycles. The zero-order valence-electron chi connectivity index (χ0n) is 31.5. The van der Waals surface area contributed by atoms with E-state index in [4.69, 9.17) is 26.4 Å². The van der Waals surface area contributed by atoms with Gasteiger partial charge in [-0.2, -0.15) is 0 Å². The fraction of sp³-hybridized carbons (Fsp3) is 0.784. The lowest BCUT2D eigenvalue weighted by Crippen LogP contribution is -2.61. The lowest BCUT2D eigenvalue weighted by Gasteiger charge is -2.47. The molecule has 2 aliphatic rings. The summed E-state index contributed by atoms with van der Waals surface area (Å²) in [5.74, 6) is -2.98. The number of benzene rings is 1. The van der Waals surface area contributed by atoms with Crippen molar-refractivity contribution in [2.75, 3.05) is 20.6 Å². The Morgan fingerprint density at radius 1 is 1.06 bits per heavy atom. The van der Waals surface area contributed by atoms with Crippen molar-refractivity contribution < 1.29 is 44.5 Å². The standard InChI is InChI=1S/C37H63N3O9S/c1-11-28-37(8,46)31(43)25(6)40(35(50)38-19-26-15-13-12-14-16-26)20-21(2)18-36(7,45)32(23(4)29(41)24(5)33(44)48-28)49-34-30(42)27(39(9)10)17-22(3)47-34/h12-16,21-25,27-32,34,41-43,45-46H,11,17-20H2,1-10H3,(H,38,50)/t21-,22-,23+,24-,25-,27+,28-,29+,30-,31-,32-,34?,36?,37-/m1/s1. The van der Waals surface area contributed by atoms with Crippen molar-refractivity contribution in [3.8, 4) is 0 Å². The number of carbonyl (C=O) groups is 1. The zero-order chi connectivity index (χ0) is 37.7. The second kappa shape index (κ2) is 17.7. The van der Waals surface area contributed by atoms with Crippen LogP contribution in [-0.4, -0.2) is 133 Å². The van der Waals surface area contributed by atoms with E-state index >= 15 is 0 Å². The highest BCUT2D eigenvalue weighted by atomic mass is 32.1. The van der Waals surface area contributed by atoms with Gasteiger partial charge in [0.05, 0.1) is 35.9 Å². The van der Waals surface area contributed by atoms with E-state index < -0.39 is 71.9 Å². The molecule has 0 bridgehead atoms. The molecule has 3 rings (SSSR count). The summed E-state index contributed by atoms with van der Waals surface area (Å²) in [6, 6.07) is 8.70. The third-order valence-corrected chi connectivity index (χ3v) is 11.1. The Balaban J connectivity index is 2.05. The molecule has 6 N–H and O–H groups in total. The van der Waals surface area contributed by atoms with Crippen molar-refractivity contribution in [2.24, 2.45) is 17.8 Å². The first-order valence-corrected chi connectivity index (χ1v) is 18.4. The third-order valence-electron chi connectivity index (χ3n) is 10.7. The van der Waals surface area contributed by atoms with Gasteiger partial charge in [0, 0.05) is 25.0 Å². The number of likely N-dealkylation sites (N-methyl/N-ethyl adjacent to an activating group) is 1. The van der Waals surface area contributed by atoms with E-state index in [1.807, 2.05) is 63.2 Å². The summed E-state index contributed by atoms with van der Waals surface area (Å²) >= 11 is 5.88. The van der Waals surface area contributed by atoms with Gasteiger partial charge in [-0.3, -0.25) is 4.79 Å². The van der Waals surface area contributed by atoms with Gasteiger partial charge in [0.15, 0.2) is 11.4 Å². The maximum Gasteiger partial charge on any atom is 0.311 e. The summed E-state index contributed by atoms with van der Waals surface area (Å²) in [7, 11) is 3.74. The number of ether oxygens (including phenoxy) is 3. The number of esters is 1. The molecule has 13 heteroatoms. The molecule has 2 aliphatic heterocycles. The minimum absolute atomic E-state index is 0.150. The molecule has 2 saturated heterocycles. The largest absolute Gasteiger partial charge is 0.459 e. The molecule has 0 aromatic heterocycles. The fourth-order valence-corrected chi connectivity index (χ4v) is 7.97. The smallest absolute Gasteiger partial charge is 0.311 e. The van der Waals surface area contributed by atoms with Crippen molar-refractivity contribution >= 4 is 23.3 Å². The monoisotopic (exact) mass is 725 g/mol. The minimum atomic E-state index is -1.89. The SMILES string of the molecule is CC[C@H]1OC(=O)[C@H](C)[C@@H](O)[C@H](C)[C@@H](OC2O[C@H](C)C[C@H](N(C)C)[C@H]2O)C(C)(O)C[C@@H](C)CN(C(=S)NCc2ccccc2)[C@H](C)[C@@H](O)[C@]1(C)O. The van der Waals surface area contributed by atoms with Crippen LogP contribution in [0.1, 0.15) is 80.2 Å². The third kappa shape index (κ3) is 10.1. The van der Waals surface area contributed by atoms with Gasteiger partial charge in [-0.1, -0.05) is 51.1 Å². The van der Waals surface area contributed by atoms with Crippen molar-refractivity contribution in [2.45, 2.75) is 147 Å². The Bertz CT molecular complexity index is 1240. The molecule has 0 spiro atoms. The van der Waals surface area contributed by atoms with Crippen molar-refractivity contribution in [1.29, 1.82) is 0 Å². The fourth-order valence-electron chi connectivity index (χ4n) is 7.65. The Labute approximate surface area is 304 Å².